The Bertz CT molecular complexity index is 218. The van der Waals surface area contributed by atoms with Crippen LogP contribution in [0.5, 0.6) is 0 Å². The van der Waals surface area contributed by atoms with Crippen molar-refractivity contribution in [2.45, 2.75) is 30.1 Å². The molecular weight excluding hydrogens is 176 g/mol. The molecule has 0 saturated carbocycles. The summed E-state index contributed by atoms with van der Waals surface area (Å²) in [6.45, 7) is 1.81. The summed E-state index contributed by atoms with van der Waals surface area (Å²) in [7, 11) is 0. The molecule has 11 heavy (non-hydrogen) atoms. The fourth-order valence-corrected chi connectivity index (χ4v) is 1.87. The van der Waals surface area contributed by atoms with Crippen molar-refractivity contribution in [2.24, 2.45) is 0 Å². The van der Waals surface area contributed by atoms with E-state index in [-0.39, 0.29) is 6.10 Å². The van der Waals surface area contributed by atoms with Crippen molar-refractivity contribution in [3.05, 3.63) is 17.0 Å². The van der Waals surface area contributed by atoms with Gasteiger partial charge in [0.05, 0.1) is 10.3 Å². The first kappa shape index (κ1) is 9.10. The number of thiophene rings is 1. The molecule has 3 heteroatoms. The van der Waals surface area contributed by atoms with E-state index in [1.807, 2.05) is 6.92 Å². The number of aliphatic hydroxyl groups excluding tert-OH is 1. The highest BCUT2D eigenvalue weighted by Crippen LogP contribution is 2.19. The number of thiol groups is 1. The monoisotopic (exact) mass is 188 g/mol. The second kappa shape index (κ2) is 4.14. The fourth-order valence-electron chi connectivity index (χ4n) is 0.869. The Labute approximate surface area is 76.5 Å². The van der Waals surface area contributed by atoms with E-state index < -0.39 is 0 Å². The maximum absolute atomic E-state index is 9.00. The van der Waals surface area contributed by atoms with Crippen LogP contribution in [0.25, 0.3) is 0 Å². The summed E-state index contributed by atoms with van der Waals surface area (Å²) in [5.41, 5.74) is 1.28. The number of aliphatic hydroxyl groups is 1. The van der Waals surface area contributed by atoms with Crippen LogP contribution in [0.4, 0.5) is 0 Å². The molecule has 1 unspecified atom stereocenters. The van der Waals surface area contributed by atoms with Gasteiger partial charge in [0, 0.05) is 0 Å². The van der Waals surface area contributed by atoms with E-state index in [1.54, 1.807) is 11.3 Å². The van der Waals surface area contributed by atoms with Crippen LogP contribution in [-0.4, -0.2) is 11.2 Å². The minimum atomic E-state index is -0.196. The highest BCUT2D eigenvalue weighted by molar-refractivity contribution is 7.82. The first-order valence-electron chi connectivity index (χ1n) is 3.63. The van der Waals surface area contributed by atoms with Crippen molar-refractivity contribution in [2.75, 3.05) is 0 Å². The molecule has 1 nitrogen and oxygen atoms in total. The van der Waals surface area contributed by atoms with E-state index in [2.05, 4.69) is 24.1 Å². The van der Waals surface area contributed by atoms with Gasteiger partial charge in [-0.25, -0.2) is 0 Å². The highest BCUT2D eigenvalue weighted by Gasteiger charge is 1.99. The standard InChI is InChI=1S/C8H12OS2/c1-6(9)2-3-7-4-8(10)11-5-7/h4-6,9-10H,2-3H2,1H3. The zero-order valence-corrected chi connectivity index (χ0v) is 8.16. The van der Waals surface area contributed by atoms with Gasteiger partial charge in [-0.05, 0) is 36.8 Å². The third-order valence-corrected chi connectivity index (χ3v) is 2.72. The van der Waals surface area contributed by atoms with Crippen molar-refractivity contribution in [1.82, 2.24) is 0 Å². The van der Waals surface area contributed by atoms with Crippen LogP contribution in [-0.2, 0) is 6.42 Å². The third kappa shape index (κ3) is 3.27. The van der Waals surface area contributed by atoms with E-state index in [1.165, 1.54) is 5.56 Å². The zero-order valence-electron chi connectivity index (χ0n) is 6.45. The van der Waals surface area contributed by atoms with Crippen molar-refractivity contribution in [3.63, 3.8) is 0 Å². The minimum absolute atomic E-state index is 0.196. The molecule has 1 heterocycles. The molecule has 62 valence electrons. The van der Waals surface area contributed by atoms with E-state index >= 15 is 0 Å². The largest absolute Gasteiger partial charge is 0.393 e. The van der Waals surface area contributed by atoms with Gasteiger partial charge in [0.25, 0.3) is 0 Å². The Morgan fingerprint density at radius 1 is 1.73 bits per heavy atom. The van der Waals surface area contributed by atoms with Crippen molar-refractivity contribution in [1.29, 1.82) is 0 Å². The summed E-state index contributed by atoms with van der Waals surface area (Å²) >= 11 is 5.84. The number of hydrogen-bond donors (Lipinski definition) is 2. The average Bonchev–Trinajstić information content (AvgIpc) is 2.31. The molecular formula is C8H12OS2. The highest BCUT2D eigenvalue weighted by atomic mass is 32.2. The summed E-state index contributed by atoms with van der Waals surface area (Å²) in [4.78, 5) is 0. The van der Waals surface area contributed by atoms with Crippen LogP contribution < -0.4 is 0 Å². The summed E-state index contributed by atoms with van der Waals surface area (Å²) in [5, 5.41) is 11.1. The first-order chi connectivity index (χ1) is 5.18. The van der Waals surface area contributed by atoms with Gasteiger partial charge >= 0.3 is 0 Å². The van der Waals surface area contributed by atoms with Crippen LogP contribution in [0.15, 0.2) is 15.7 Å². The van der Waals surface area contributed by atoms with E-state index in [9.17, 15) is 0 Å². The van der Waals surface area contributed by atoms with Gasteiger partial charge in [0.15, 0.2) is 0 Å². The molecule has 1 aromatic rings. The summed E-state index contributed by atoms with van der Waals surface area (Å²) < 4.78 is 1.05. The molecule has 0 aromatic carbocycles. The number of aryl methyl sites for hydroxylation is 1. The number of rotatable bonds is 3. The van der Waals surface area contributed by atoms with Crippen LogP contribution >= 0.6 is 24.0 Å². The molecule has 1 N–H and O–H groups in total. The molecule has 0 bridgehead atoms. The van der Waals surface area contributed by atoms with Crippen LogP contribution in [0.1, 0.15) is 18.9 Å². The molecule has 0 aliphatic carbocycles. The Morgan fingerprint density at radius 2 is 2.45 bits per heavy atom. The first-order valence-corrected chi connectivity index (χ1v) is 4.95. The summed E-state index contributed by atoms with van der Waals surface area (Å²) in [5.74, 6) is 0. The van der Waals surface area contributed by atoms with Gasteiger partial charge < -0.3 is 5.11 Å². The van der Waals surface area contributed by atoms with Gasteiger partial charge in [0.2, 0.25) is 0 Å². The predicted octanol–water partition coefficient (Wildman–Crippen LogP) is 2.35. The Kier molecular flexibility index (Phi) is 3.43. The van der Waals surface area contributed by atoms with Gasteiger partial charge in [0.1, 0.15) is 0 Å². The molecule has 1 aromatic heterocycles. The summed E-state index contributed by atoms with van der Waals surface area (Å²) in [6.07, 6.45) is 1.59. The van der Waals surface area contributed by atoms with Crippen molar-refractivity contribution in [3.8, 4) is 0 Å². The summed E-state index contributed by atoms with van der Waals surface area (Å²) in [6, 6.07) is 2.05. The predicted molar refractivity (Wildman–Crippen MR) is 51.6 cm³/mol. The molecule has 1 atom stereocenters. The lowest BCUT2D eigenvalue weighted by atomic mass is 10.1. The quantitative estimate of drug-likeness (QED) is 0.698. The second-order valence-electron chi connectivity index (χ2n) is 2.68. The van der Waals surface area contributed by atoms with Crippen LogP contribution in [0.2, 0.25) is 0 Å². The lowest BCUT2D eigenvalue weighted by molar-refractivity contribution is 0.185. The van der Waals surface area contributed by atoms with Gasteiger partial charge in [-0.15, -0.1) is 24.0 Å². The van der Waals surface area contributed by atoms with Gasteiger partial charge in [-0.2, -0.15) is 0 Å². The van der Waals surface area contributed by atoms with Gasteiger partial charge in [-0.1, -0.05) is 0 Å². The molecule has 0 radical (unpaired) electrons. The maximum Gasteiger partial charge on any atom is 0.0570 e. The molecule has 0 saturated heterocycles. The Hall–Kier alpha value is 0.01000. The Balaban J connectivity index is 2.39. The minimum Gasteiger partial charge on any atom is -0.393 e. The maximum atomic E-state index is 9.00. The molecule has 0 spiro atoms. The van der Waals surface area contributed by atoms with Crippen LogP contribution in [0.3, 0.4) is 0 Å². The number of hydrogen-bond acceptors (Lipinski definition) is 3. The van der Waals surface area contributed by atoms with E-state index in [0.29, 0.717) is 0 Å². The molecule has 0 aliphatic rings. The Morgan fingerprint density at radius 3 is 2.91 bits per heavy atom. The molecule has 0 amide bonds. The molecule has 0 fully saturated rings. The average molecular weight is 188 g/mol. The fraction of sp³-hybridized carbons (Fsp3) is 0.500. The SMILES string of the molecule is CC(O)CCc1csc(S)c1. The molecule has 0 aliphatic heterocycles. The zero-order chi connectivity index (χ0) is 8.27. The normalized spacial score (nSPS) is 13.4. The van der Waals surface area contributed by atoms with Crippen molar-refractivity contribution >= 4 is 24.0 Å². The van der Waals surface area contributed by atoms with Crippen LogP contribution in [0, 0.1) is 0 Å². The second-order valence-corrected chi connectivity index (χ2v) is 4.38. The third-order valence-electron chi connectivity index (χ3n) is 1.49. The lowest BCUT2D eigenvalue weighted by Gasteiger charge is -2.00. The van der Waals surface area contributed by atoms with Gasteiger partial charge in [-0.3, -0.25) is 0 Å². The topological polar surface area (TPSA) is 20.2 Å². The van der Waals surface area contributed by atoms with Crippen molar-refractivity contribution < 1.29 is 5.11 Å². The smallest absolute Gasteiger partial charge is 0.0570 e. The van der Waals surface area contributed by atoms with E-state index in [0.717, 1.165) is 17.1 Å². The lowest BCUT2D eigenvalue weighted by Crippen LogP contribution is -2.00. The molecule has 1 rings (SSSR count). The van der Waals surface area contributed by atoms with E-state index in [4.69, 9.17) is 5.11 Å².